The summed E-state index contributed by atoms with van der Waals surface area (Å²) in [6.07, 6.45) is 2.11. The Hall–Kier alpha value is -1.29. The molecule has 76 valence electrons. The molecule has 0 bridgehead atoms. The average Bonchev–Trinajstić information content (AvgIpc) is 2.18. The zero-order valence-corrected chi connectivity index (χ0v) is 8.54. The van der Waals surface area contributed by atoms with Gasteiger partial charge in [-0.2, -0.15) is 0 Å². The molecule has 0 aliphatic rings. The van der Waals surface area contributed by atoms with Crippen molar-refractivity contribution >= 4 is 23.3 Å². The topological polar surface area (TPSA) is 65.2 Å². The van der Waals surface area contributed by atoms with Crippen LogP contribution in [0, 0.1) is 0 Å². The van der Waals surface area contributed by atoms with Gasteiger partial charge >= 0.3 is 5.97 Å². The highest BCUT2D eigenvalue weighted by Gasteiger charge is 2.11. The first-order valence-electron chi connectivity index (χ1n) is 4.23. The molecule has 0 radical (unpaired) electrons. The van der Waals surface area contributed by atoms with Gasteiger partial charge in [0.2, 0.25) is 0 Å². The maximum atomic E-state index is 11.4. The molecule has 0 unspecified atom stereocenters. The van der Waals surface area contributed by atoms with E-state index < -0.39 is 5.97 Å². The number of carbonyl (C=O) groups is 1. The second-order valence-corrected chi connectivity index (χ2v) is 3.12. The van der Waals surface area contributed by atoms with E-state index in [2.05, 4.69) is 4.98 Å². The number of pyridine rings is 1. The third-order valence-corrected chi connectivity index (χ3v) is 1.77. The first-order chi connectivity index (χ1) is 6.65. The summed E-state index contributed by atoms with van der Waals surface area (Å²) in [5, 5.41) is 0.225. The third-order valence-electron chi connectivity index (χ3n) is 1.56. The molecule has 4 nitrogen and oxygen atoms in total. The molecular formula is C9H11ClN2O2. The standard InChI is InChI=1S/C9H11ClN2O2/c1-2-3-14-9(13)6-4-8(10)12-5-7(6)11/h4-5H,2-3,11H2,1H3. The molecule has 5 heteroatoms. The van der Waals surface area contributed by atoms with Crippen LogP contribution >= 0.6 is 11.6 Å². The van der Waals surface area contributed by atoms with Gasteiger partial charge < -0.3 is 10.5 Å². The fourth-order valence-electron chi connectivity index (χ4n) is 0.890. The Morgan fingerprint density at radius 1 is 1.71 bits per heavy atom. The predicted molar refractivity (Wildman–Crippen MR) is 54.2 cm³/mol. The van der Waals surface area contributed by atoms with Crippen LogP contribution in [0.2, 0.25) is 5.15 Å². The molecule has 1 rings (SSSR count). The number of nitrogen functional groups attached to an aromatic ring is 1. The maximum absolute atomic E-state index is 11.4. The van der Waals surface area contributed by atoms with Crippen molar-refractivity contribution in [2.45, 2.75) is 13.3 Å². The molecule has 0 spiro atoms. The van der Waals surface area contributed by atoms with Crippen LogP contribution < -0.4 is 5.73 Å². The number of nitrogens with zero attached hydrogens (tertiary/aromatic N) is 1. The second-order valence-electron chi connectivity index (χ2n) is 2.73. The highest BCUT2D eigenvalue weighted by Crippen LogP contribution is 2.15. The van der Waals surface area contributed by atoms with Crippen molar-refractivity contribution in [3.8, 4) is 0 Å². The molecule has 1 aromatic heterocycles. The number of aromatic nitrogens is 1. The van der Waals surface area contributed by atoms with Crippen molar-refractivity contribution in [3.05, 3.63) is 23.0 Å². The van der Waals surface area contributed by atoms with Gasteiger partial charge in [-0.1, -0.05) is 18.5 Å². The van der Waals surface area contributed by atoms with Crippen LogP contribution in [0.1, 0.15) is 23.7 Å². The van der Waals surface area contributed by atoms with Gasteiger partial charge in [0.25, 0.3) is 0 Å². The smallest absolute Gasteiger partial charge is 0.340 e. The van der Waals surface area contributed by atoms with E-state index in [1.165, 1.54) is 12.3 Å². The van der Waals surface area contributed by atoms with Gasteiger partial charge in [-0.3, -0.25) is 0 Å². The van der Waals surface area contributed by atoms with Gasteiger partial charge in [-0.15, -0.1) is 0 Å². The quantitative estimate of drug-likeness (QED) is 0.616. The van der Waals surface area contributed by atoms with Crippen LogP contribution in [-0.2, 0) is 4.74 Å². The molecule has 0 saturated carbocycles. The van der Waals surface area contributed by atoms with Crippen molar-refractivity contribution < 1.29 is 9.53 Å². The zero-order valence-electron chi connectivity index (χ0n) is 7.79. The number of halogens is 1. The van der Waals surface area contributed by atoms with Crippen LogP contribution in [0.25, 0.3) is 0 Å². The molecule has 1 heterocycles. The Morgan fingerprint density at radius 3 is 3.07 bits per heavy atom. The largest absolute Gasteiger partial charge is 0.462 e. The van der Waals surface area contributed by atoms with E-state index >= 15 is 0 Å². The van der Waals surface area contributed by atoms with Crippen molar-refractivity contribution in [1.82, 2.24) is 4.98 Å². The van der Waals surface area contributed by atoms with Crippen LogP contribution in [-0.4, -0.2) is 17.6 Å². The van der Waals surface area contributed by atoms with Crippen molar-refractivity contribution in [2.75, 3.05) is 12.3 Å². The van der Waals surface area contributed by atoms with E-state index in [9.17, 15) is 4.79 Å². The minimum Gasteiger partial charge on any atom is -0.462 e. The molecule has 0 fully saturated rings. The minimum atomic E-state index is -0.464. The first-order valence-corrected chi connectivity index (χ1v) is 4.61. The Kier molecular flexibility index (Phi) is 3.71. The second kappa shape index (κ2) is 4.81. The normalized spacial score (nSPS) is 9.86. The summed E-state index contributed by atoms with van der Waals surface area (Å²) in [5.74, 6) is -0.464. The molecule has 0 saturated heterocycles. The maximum Gasteiger partial charge on any atom is 0.340 e. The van der Waals surface area contributed by atoms with Gasteiger partial charge in [0, 0.05) is 0 Å². The molecule has 0 aliphatic heterocycles. The lowest BCUT2D eigenvalue weighted by Crippen LogP contribution is -2.09. The monoisotopic (exact) mass is 214 g/mol. The molecule has 2 N–H and O–H groups in total. The number of carbonyl (C=O) groups excluding carboxylic acids is 1. The summed E-state index contributed by atoms with van der Waals surface area (Å²) in [5.41, 5.74) is 6.08. The van der Waals surface area contributed by atoms with Gasteiger partial charge in [-0.05, 0) is 12.5 Å². The van der Waals surface area contributed by atoms with Gasteiger partial charge in [0.1, 0.15) is 5.15 Å². The van der Waals surface area contributed by atoms with E-state index in [1.54, 1.807) is 0 Å². The Morgan fingerprint density at radius 2 is 2.43 bits per heavy atom. The summed E-state index contributed by atoms with van der Waals surface area (Å²) in [6, 6.07) is 1.40. The van der Waals surface area contributed by atoms with Crippen LogP contribution in [0.5, 0.6) is 0 Å². The van der Waals surface area contributed by atoms with E-state index in [4.69, 9.17) is 22.1 Å². The lowest BCUT2D eigenvalue weighted by molar-refractivity contribution is 0.0506. The fraction of sp³-hybridized carbons (Fsp3) is 0.333. The van der Waals surface area contributed by atoms with Gasteiger partial charge in [0.15, 0.2) is 0 Å². The van der Waals surface area contributed by atoms with Crippen LogP contribution in [0.4, 0.5) is 5.69 Å². The molecular weight excluding hydrogens is 204 g/mol. The average molecular weight is 215 g/mol. The van der Waals surface area contributed by atoms with Crippen LogP contribution in [0.15, 0.2) is 12.3 Å². The van der Waals surface area contributed by atoms with Gasteiger partial charge in [0.05, 0.1) is 24.1 Å². The summed E-state index contributed by atoms with van der Waals surface area (Å²) in [6.45, 7) is 2.29. The highest BCUT2D eigenvalue weighted by molar-refractivity contribution is 6.29. The minimum absolute atomic E-state index is 0.225. The number of hydrogen-bond donors (Lipinski definition) is 1. The molecule has 14 heavy (non-hydrogen) atoms. The third kappa shape index (κ3) is 2.60. The highest BCUT2D eigenvalue weighted by atomic mass is 35.5. The molecule has 1 aromatic rings. The lowest BCUT2D eigenvalue weighted by atomic mass is 10.2. The first kappa shape index (κ1) is 10.8. The Balaban J connectivity index is 2.83. The van der Waals surface area contributed by atoms with Crippen molar-refractivity contribution in [2.24, 2.45) is 0 Å². The van der Waals surface area contributed by atoms with E-state index in [1.807, 2.05) is 6.92 Å². The Labute approximate surface area is 87.0 Å². The number of nitrogens with two attached hydrogens (primary N) is 1. The number of hydrogen-bond acceptors (Lipinski definition) is 4. The lowest BCUT2D eigenvalue weighted by Gasteiger charge is -2.05. The molecule has 0 aromatic carbocycles. The summed E-state index contributed by atoms with van der Waals surface area (Å²) < 4.78 is 4.91. The van der Waals surface area contributed by atoms with Gasteiger partial charge in [-0.25, -0.2) is 9.78 Å². The molecule has 0 aliphatic carbocycles. The van der Waals surface area contributed by atoms with Crippen molar-refractivity contribution in [3.63, 3.8) is 0 Å². The molecule has 0 amide bonds. The van der Waals surface area contributed by atoms with E-state index in [-0.39, 0.29) is 16.4 Å². The number of anilines is 1. The number of rotatable bonds is 3. The predicted octanol–water partition coefficient (Wildman–Crippen LogP) is 1.88. The van der Waals surface area contributed by atoms with E-state index in [0.717, 1.165) is 6.42 Å². The van der Waals surface area contributed by atoms with E-state index in [0.29, 0.717) is 6.61 Å². The fourth-order valence-corrected chi connectivity index (χ4v) is 1.05. The summed E-state index contributed by atoms with van der Waals surface area (Å²) in [4.78, 5) is 15.1. The number of ether oxygens (including phenoxy) is 1. The molecule has 0 atom stereocenters. The Bertz CT molecular complexity index is 342. The zero-order chi connectivity index (χ0) is 10.6. The number of esters is 1. The summed E-state index contributed by atoms with van der Waals surface area (Å²) >= 11 is 5.62. The SMILES string of the molecule is CCCOC(=O)c1cc(Cl)ncc1N. The van der Waals surface area contributed by atoms with Crippen LogP contribution in [0.3, 0.4) is 0 Å². The van der Waals surface area contributed by atoms with Crippen molar-refractivity contribution in [1.29, 1.82) is 0 Å². The summed E-state index contributed by atoms with van der Waals surface area (Å²) in [7, 11) is 0.